The molecule has 1 aliphatic heterocycles. The summed E-state index contributed by atoms with van der Waals surface area (Å²) in [6.07, 6.45) is 3.83. The fourth-order valence-electron chi connectivity index (χ4n) is 4.55. The maximum Gasteiger partial charge on any atom is 0.204 e. The lowest BCUT2D eigenvalue weighted by Gasteiger charge is -2.28. The molecule has 0 radical (unpaired) electrons. The van der Waals surface area contributed by atoms with Crippen molar-refractivity contribution < 1.29 is 23.7 Å². The zero-order valence-electron chi connectivity index (χ0n) is 21.1. The lowest BCUT2D eigenvalue weighted by Crippen LogP contribution is -2.27. The summed E-state index contributed by atoms with van der Waals surface area (Å²) in [6.45, 7) is 4.44. The summed E-state index contributed by atoms with van der Waals surface area (Å²) in [4.78, 5) is 13.8. The molecular formula is C32H26O6. The van der Waals surface area contributed by atoms with Crippen molar-refractivity contribution in [3.8, 4) is 23.0 Å². The van der Waals surface area contributed by atoms with Gasteiger partial charge in [0.05, 0.1) is 10.9 Å². The molecule has 0 atom stereocenters. The first kappa shape index (κ1) is 23.7. The Hall–Kier alpha value is -4.71. The summed E-state index contributed by atoms with van der Waals surface area (Å²) in [5.41, 5.74) is 2.38. The van der Waals surface area contributed by atoms with Gasteiger partial charge in [0.25, 0.3) is 0 Å². The molecule has 2 heterocycles. The zero-order chi connectivity index (χ0) is 26.3. The first-order valence-corrected chi connectivity index (χ1v) is 12.4. The minimum absolute atomic E-state index is 0.144. The van der Waals surface area contributed by atoms with E-state index in [0.29, 0.717) is 28.2 Å². The molecule has 0 aliphatic carbocycles. The van der Waals surface area contributed by atoms with Crippen LogP contribution in [-0.2, 0) is 13.2 Å². The van der Waals surface area contributed by atoms with Crippen LogP contribution in [0.2, 0.25) is 0 Å². The highest BCUT2D eigenvalue weighted by Crippen LogP contribution is 2.42. The van der Waals surface area contributed by atoms with Crippen LogP contribution in [0.25, 0.3) is 28.0 Å². The van der Waals surface area contributed by atoms with Gasteiger partial charge in [0.1, 0.15) is 41.3 Å². The first-order chi connectivity index (χ1) is 18.4. The summed E-state index contributed by atoms with van der Waals surface area (Å²) in [7, 11) is 0. The third-order valence-corrected chi connectivity index (χ3v) is 6.49. The van der Waals surface area contributed by atoms with Gasteiger partial charge in [0, 0.05) is 12.1 Å². The number of benzene rings is 4. The largest absolute Gasteiger partial charge is 0.504 e. The minimum Gasteiger partial charge on any atom is -0.504 e. The maximum atomic E-state index is 13.8. The Bertz CT molecular complexity index is 1730. The summed E-state index contributed by atoms with van der Waals surface area (Å²) in [6, 6.07) is 24.0. The number of ether oxygens (including phenoxy) is 3. The van der Waals surface area contributed by atoms with E-state index in [1.54, 1.807) is 12.1 Å². The molecule has 6 rings (SSSR count). The van der Waals surface area contributed by atoms with Gasteiger partial charge in [-0.15, -0.1) is 0 Å². The van der Waals surface area contributed by atoms with E-state index in [1.807, 2.05) is 86.7 Å². The molecule has 0 bridgehead atoms. The summed E-state index contributed by atoms with van der Waals surface area (Å²) in [5, 5.41) is 11.2. The molecule has 1 aliphatic rings. The van der Waals surface area contributed by atoms with Crippen molar-refractivity contribution in [3.05, 3.63) is 112 Å². The molecule has 0 spiro atoms. The molecule has 0 fully saturated rings. The Morgan fingerprint density at radius 1 is 0.842 bits per heavy atom. The van der Waals surface area contributed by atoms with Crippen LogP contribution in [-0.4, -0.2) is 10.7 Å². The number of phenolic OH excluding ortho intramolecular Hbond substituents is 1. The van der Waals surface area contributed by atoms with Crippen molar-refractivity contribution in [1.82, 2.24) is 0 Å². The second-order valence-electron chi connectivity index (χ2n) is 9.83. The molecule has 4 aromatic carbocycles. The molecular weight excluding hydrogens is 480 g/mol. The summed E-state index contributed by atoms with van der Waals surface area (Å²) < 4.78 is 24.6. The third-order valence-electron chi connectivity index (χ3n) is 6.49. The fraction of sp³-hybridized carbons (Fsp3) is 0.156. The molecule has 0 saturated carbocycles. The molecule has 190 valence electrons. The van der Waals surface area contributed by atoms with Gasteiger partial charge in [-0.3, -0.25) is 4.79 Å². The third kappa shape index (κ3) is 4.45. The summed E-state index contributed by atoms with van der Waals surface area (Å²) >= 11 is 0. The fourth-order valence-corrected chi connectivity index (χ4v) is 4.55. The topological polar surface area (TPSA) is 78.1 Å². The Balaban J connectivity index is 1.49. The van der Waals surface area contributed by atoms with Crippen molar-refractivity contribution in [2.24, 2.45) is 0 Å². The van der Waals surface area contributed by atoms with Crippen LogP contribution in [0, 0.1) is 0 Å². The van der Waals surface area contributed by atoms with Crippen molar-refractivity contribution in [2.45, 2.75) is 32.7 Å². The van der Waals surface area contributed by atoms with Crippen molar-refractivity contribution >= 4 is 28.0 Å². The number of phenols is 1. The van der Waals surface area contributed by atoms with E-state index in [1.165, 1.54) is 6.07 Å². The van der Waals surface area contributed by atoms with E-state index < -0.39 is 5.60 Å². The SMILES string of the molecule is CC1(C)C=Cc2c(cc(OCc3ccccc3)c3c(=O)c4cc(O)c(OCc5ccccc5)cc4oc23)O1. The standard InChI is InChI=1S/C32H26O6/c1-32(2)14-13-22-26(38-32)17-28(36-19-21-11-7-4-8-12-21)29-30(34)23-15-24(33)27(16-25(23)37-31(22)29)35-18-20-9-5-3-6-10-20/h3-17,33H,18-19H2,1-2H3. The minimum atomic E-state index is -0.529. The quantitative estimate of drug-likeness (QED) is 0.250. The van der Waals surface area contributed by atoms with Gasteiger partial charge >= 0.3 is 0 Å². The molecule has 5 aromatic rings. The molecule has 6 heteroatoms. The number of hydrogen-bond acceptors (Lipinski definition) is 6. The molecule has 1 aromatic heterocycles. The number of rotatable bonds is 6. The normalized spacial score (nSPS) is 13.7. The second-order valence-corrected chi connectivity index (χ2v) is 9.83. The highest BCUT2D eigenvalue weighted by Gasteiger charge is 2.27. The molecule has 0 unspecified atom stereocenters. The Morgan fingerprint density at radius 3 is 2.13 bits per heavy atom. The molecule has 1 N–H and O–H groups in total. The van der Waals surface area contributed by atoms with E-state index in [0.717, 1.165) is 11.1 Å². The molecule has 0 saturated heterocycles. The Morgan fingerprint density at radius 2 is 1.47 bits per heavy atom. The van der Waals surface area contributed by atoms with E-state index in [-0.39, 0.29) is 40.9 Å². The van der Waals surface area contributed by atoms with Gasteiger partial charge < -0.3 is 23.7 Å². The highest BCUT2D eigenvalue weighted by molar-refractivity contribution is 5.99. The van der Waals surface area contributed by atoms with Crippen LogP contribution in [0.15, 0.2) is 94.2 Å². The second kappa shape index (κ2) is 9.30. The first-order valence-electron chi connectivity index (χ1n) is 12.4. The van der Waals surface area contributed by atoms with Crippen molar-refractivity contribution in [3.63, 3.8) is 0 Å². The van der Waals surface area contributed by atoms with E-state index >= 15 is 0 Å². The molecule has 38 heavy (non-hydrogen) atoms. The van der Waals surface area contributed by atoms with Crippen LogP contribution in [0.1, 0.15) is 30.5 Å². The lowest BCUT2D eigenvalue weighted by atomic mass is 9.99. The molecule has 0 amide bonds. The van der Waals surface area contributed by atoms with E-state index in [9.17, 15) is 9.90 Å². The number of hydrogen-bond donors (Lipinski definition) is 1. The van der Waals surface area contributed by atoms with Crippen LogP contribution in [0.5, 0.6) is 23.0 Å². The Kier molecular flexibility index (Phi) is 5.80. The van der Waals surface area contributed by atoms with Gasteiger partial charge in [-0.25, -0.2) is 0 Å². The number of fused-ring (bicyclic) bond motifs is 4. The summed E-state index contributed by atoms with van der Waals surface area (Å²) in [5.74, 6) is 1.00. The smallest absolute Gasteiger partial charge is 0.204 e. The Labute approximate surface area is 219 Å². The van der Waals surface area contributed by atoms with Gasteiger partial charge in [0.2, 0.25) is 5.43 Å². The maximum absolute atomic E-state index is 13.8. The van der Waals surface area contributed by atoms with Crippen molar-refractivity contribution in [2.75, 3.05) is 0 Å². The molecule has 6 nitrogen and oxygen atoms in total. The van der Waals surface area contributed by atoms with Gasteiger partial charge in [-0.1, -0.05) is 60.7 Å². The monoisotopic (exact) mass is 506 g/mol. The average Bonchev–Trinajstić information content (AvgIpc) is 2.91. The van der Waals surface area contributed by atoms with Crippen LogP contribution in [0.4, 0.5) is 0 Å². The highest BCUT2D eigenvalue weighted by atomic mass is 16.5. The van der Waals surface area contributed by atoms with E-state index in [2.05, 4.69) is 0 Å². The van der Waals surface area contributed by atoms with Crippen LogP contribution in [0.3, 0.4) is 0 Å². The van der Waals surface area contributed by atoms with Gasteiger partial charge in [-0.05, 0) is 43.2 Å². The van der Waals surface area contributed by atoms with Crippen LogP contribution >= 0.6 is 0 Å². The zero-order valence-corrected chi connectivity index (χ0v) is 21.1. The predicted octanol–water partition coefficient (Wildman–Crippen LogP) is 6.99. The predicted molar refractivity (Wildman–Crippen MR) is 147 cm³/mol. The van der Waals surface area contributed by atoms with Gasteiger partial charge in [-0.2, -0.15) is 0 Å². The van der Waals surface area contributed by atoms with Crippen LogP contribution < -0.4 is 19.6 Å². The lowest BCUT2D eigenvalue weighted by molar-refractivity contribution is 0.158. The average molecular weight is 507 g/mol. The van der Waals surface area contributed by atoms with E-state index in [4.69, 9.17) is 18.6 Å². The number of aromatic hydroxyl groups is 1. The van der Waals surface area contributed by atoms with Crippen molar-refractivity contribution in [1.29, 1.82) is 0 Å². The van der Waals surface area contributed by atoms with Gasteiger partial charge in [0.15, 0.2) is 17.1 Å².